The minimum Gasteiger partial charge on any atom is -0.504 e. The van der Waals surface area contributed by atoms with E-state index in [4.69, 9.17) is 9.47 Å². The first-order chi connectivity index (χ1) is 11.6. The number of phenols is 2. The number of carbonyl (C=O) groups excluding carboxylic acids is 1. The number of nitrogens with zero attached hydrogens (tertiary/aromatic N) is 1. The normalized spacial score (nSPS) is 11.2. The first-order valence-corrected chi connectivity index (χ1v) is 7.88. The third-order valence-corrected chi connectivity index (χ3v) is 3.70. The van der Waals surface area contributed by atoms with Crippen LogP contribution in [0.2, 0.25) is 0 Å². The van der Waals surface area contributed by atoms with Gasteiger partial charge in [0.2, 0.25) is 0 Å². The van der Waals surface area contributed by atoms with Gasteiger partial charge in [-0.05, 0) is 38.3 Å². The van der Waals surface area contributed by atoms with Gasteiger partial charge >= 0.3 is 12.1 Å². The zero-order chi connectivity index (χ0) is 19.2. The van der Waals surface area contributed by atoms with E-state index in [1.165, 1.54) is 36.9 Å². The second-order valence-electron chi connectivity index (χ2n) is 6.52. The lowest BCUT2D eigenvalue weighted by Gasteiger charge is -2.36. The molecule has 8 heteroatoms. The van der Waals surface area contributed by atoms with E-state index in [0.29, 0.717) is 12.3 Å². The van der Waals surface area contributed by atoms with Crippen LogP contribution in [0, 0.1) is 5.92 Å². The van der Waals surface area contributed by atoms with Gasteiger partial charge in [-0.2, -0.15) is 0 Å². The summed E-state index contributed by atoms with van der Waals surface area (Å²) in [5, 5.41) is 28.5. The predicted molar refractivity (Wildman–Crippen MR) is 90.7 cm³/mol. The van der Waals surface area contributed by atoms with Gasteiger partial charge in [-0.3, -0.25) is 0 Å². The fraction of sp³-hybridized carbons (Fsp3) is 0.529. The van der Waals surface area contributed by atoms with E-state index in [-0.39, 0.29) is 18.0 Å². The van der Waals surface area contributed by atoms with Crippen molar-refractivity contribution in [1.82, 2.24) is 0 Å². The zero-order valence-electron chi connectivity index (χ0n) is 14.9. The maximum absolute atomic E-state index is 11.7. The molecule has 140 valence electrons. The number of phenolic OH excluding ortho intramolecular Hbond substituents is 2. The van der Waals surface area contributed by atoms with Crippen LogP contribution in [0.15, 0.2) is 18.2 Å². The van der Waals surface area contributed by atoms with E-state index >= 15 is 0 Å². The van der Waals surface area contributed by atoms with Crippen LogP contribution >= 0.6 is 0 Å². The van der Waals surface area contributed by atoms with Crippen molar-refractivity contribution in [3.05, 3.63) is 18.2 Å². The monoisotopic (exact) mass is 355 g/mol. The van der Waals surface area contributed by atoms with E-state index in [2.05, 4.69) is 0 Å². The van der Waals surface area contributed by atoms with Crippen molar-refractivity contribution in [2.24, 2.45) is 5.92 Å². The Hall–Kier alpha value is -2.64. The molecule has 0 atom stereocenters. The number of benzene rings is 1. The topological polar surface area (TPSA) is 117 Å². The average molecular weight is 355 g/mol. The number of aromatic hydroxyl groups is 2. The molecule has 0 fully saturated rings. The quantitative estimate of drug-likeness (QED) is 0.370. The molecule has 0 unspecified atom stereocenters. The molecule has 0 amide bonds. The summed E-state index contributed by atoms with van der Waals surface area (Å²) in [6.45, 7) is 6.63. The molecule has 0 aliphatic rings. The van der Waals surface area contributed by atoms with Gasteiger partial charge in [0.25, 0.3) is 0 Å². The standard InChI is InChI=1S/C17H25NO7/c1-11(2)7-8-24-16(23)25-10-18(17(3,4)15(21)22)12-5-6-13(19)14(20)9-12/h5-6,9,11,19-20H,7-8,10H2,1-4H3,(H,21,22). The van der Waals surface area contributed by atoms with Gasteiger partial charge in [0.1, 0.15) is 5.54 Å². The lowest BCUT2D eigenvalue weighted by atomic mass is 10.0. The van der Waals surface area contributed by atoms with E-state index in [0.717, 1.165) is 0 Å². The van der Waals surface area contributed by atoms with Gasteiger partial charge in [0.05, 0.1) is 6.61 Å². The highest BCUT2D eigenvalue weighted by molar-refractivity contribution is 5.83. The third-order valence-electron chi connectivity index (χ3n) is 3.70. The summed E-state index contributed by atoms with van der Waals surface area (Å²) in [6.07, 6.45) is -0.222. The van der Waals surface area contributed by atoms with E-state index in [1.807, 2.05) is 13.8 Å². The lowest BCUT2D eigenvalue weighted by Crippen LogP contribution is -2.51. The number of carboxylic acids is 1. The second kappa shape index (κ2) is 8.46. The number of carbonyl (C=O) groups is 2. The van der Waals surface area contributed by atoms with Crippen LogP contribution < -0.4 is 4.90 Å². The summed E-state index contributed by atoms with van der Waals surface area (Å²) in [6, 6.07) is 3.82. The van der Waals surface area contributed by atoms with Crippen LogP contribution in [0.25, 0.3) is 0 Å². The van der Waals surface area contributed by atoms with Crippen molar-refractivity contribution in [3.63, 3.8) is 0 Å². The van der Waals surface area contributed by atoms with Crippen molar-refractivity contribution in [2.45, 2.75) is 39.7 Å². The molecule has 0 saturated carbocycles. The van der Waals surface area contributed by atoms with Crippen molar-refractivity contribution in [2.75, 3.05) is 18.2 Å². The molecule has 25 heavy (non-hydrogen) atoms. The number of aliphatic carboxylic acids is 1. The predicted octanol–water partition coefficient (Wildman–Crippen LogP) is 2.92. The highest BCUT2D eigenvalue weighted by atomic mass is 16.7. The molecule has 0 aliphatic heterocycles. The van der Waals surface area contributed by atoms with Crippen LogP contribution in [0.1, 0.15) is 34.1 Å². The summed E-state index contributed by atoms with van der Waals surface area (Å²) in [5.41, 5.74) is -1.18. The van der Waals surface area contributed by atoms with Gasteiger partial charge in [-0.25, -0.2) is 9.59 Å². The number of hydrogen-bond donors (Lipinski definition) is 3. The van der Waals surface area contributed by atoms with Gasteiger partial charge in [-0.15, -0.1) is 0 Å². The van der Waals surface area contributed by atoms with E-state index < -0.39 is 30.1 Å². The Morgan fingerprint density at radius 3 is 2.32 bits per heavy atom. The van der Waals surface area contributed by atoms with E-state index in [1.54, 1.807) is 0 Å². The average Bonchev–Trinajstić information content (AvgIpc) is 2.50. The fourth-order valence-electron chi connectivity index (χ4n) is 1.89. The molecule has 1 aromatic carbocycles. The number of ether oxygens (including phenoxy) is 2. The van der Waals surface area contributed by atoms with Crippen LogP contribution in [-0.2, 0) is 14.3 Å². The minimum absolute atomic E-state index is 0.207. The van der Waals surface area contributed by atoms with Crippen molar-refractivity contribution >= 4 is 17.8 Å². The largest absolute Gasteiger partial charge is 0.510 e. The fourth-order valence-corrected chi connectivity index (χ4v) is 1.89. The van der Waals surface area contributed by atoms with Crippen LogP contribution in [0.3, 0.4) is 0 Å². The summed E-state index contributed by atoms with van der Waals surface area (Å²) in [4.78, 5) is 24.5. The molecule has 1 rings (SSSR count). The Morgan fingerprint density at radius 2 is 1.80 bits per heavy atom. The Morgan fingerprint density at radius 1 is 1.16 bits per heavy atom. The molecule has 0 bridgehead atoms. The molecular formula is C17H25NO7. The minimum atomic E-state index is -1.44. The Balaban J connectivity index is 2.88. The second-order valence-corrected chi connectivity index (χ2v) is 6.52. The van der Waals surface area contributed by atoms with Crippen LogP contribution in [-0.4, -0.2) is 46.3 Å². The molecular weight excluding hydrogens is 330 g/mol. The summed E-state index contributed by atoms with van der Waals surface area (Å²) in [5.74, 6) is -1.54. The Kier molecular flexibility index (Phi) is 6.90. The molecule has 0 saturated heterocycles. The zero-order valence-corrected chi connectivity index (χ0v) is 14.9. The number of anilines is 1. The van der Waals surface area contributed by atoms with Gasteiger partial charge < -0.3 is 29.7 Å². The summed E-state index contributed by atoms with van der Waals surface area (Å²) >= 11 is 0. The molecule has 8 nitrogen and oxygen atoms in total. The summed E-state index contributed by atoms with van der Waals surface area (Å²) < 4.78 is 9.93. The molecule has 1 aromatic rings. The summed E-state index contributed by atoms with van der Waals surface area (Å²) in [7, 11) is 0. The van der Waals surface area contributed by atoms with Crippen molar-refractivity contribution in [3.8, 4) is 11.5 Å². The lowest BCUT2D eigenvalue weighted by molar-refractivity contribution is -0.142. The molecule has 0 aliphatic carbocycles. The van der Waals surface area contributed by atoms with Crippen molar-refractivity contribution in [1.29, 1.82) is 0 Å². The van der Waals surface area contributed by atoms with Gasteiger partial charge in [-0.1, -0.05) is 13.8 Å². The SMILES string of the molecule is CC(C)CCOC(=O)OCN(c1ccc(O)c(O)c1)C(C)(C)C(=O)O. The molecule has 0 spiro atoms. The Labute approximate surface area is 146 Å². The molecule has 0 radical (unpaired) electrons. The number of hydrogen-bond acceptors (Lipinski definition) is 7. The highest BCUT2D eigenvalue weighted by Crippen LogP contribution is 2.32. The van der Waals surface area contributed by atoms with Crippen LogP contribution in [0.4, 0.5) is 10.5 Å². The third kappa shape index (κ3) is 5.74. The van der Waals surface area contributed by atoms with Gasteiger partial charge in [0.15, 0.2) is 18.2 Å². The maximum Gasteiger partial charge on any atom is 0.510 e. The smallest absolute Gasteiger partial charge is 0.504 e. The Bertz CT molecular complexity index is 613. The van der Waals surface area contributed by atoms with Crippen LogP contribution in [0.5, 0.6) is 11.5 Å². The number of carboxylic acid groups (broad SMARTS) is 1. The number of rotatable bonds is 8. The van der Waals surface area contributed by atoms with Gasteiger partial charge in [0, 0.05) is 11.8 Å². The highest BCUT2D eigenvalue weighted by Gasteiger charge is 2.36. The molecule has 3 N–H and O–H groups in total. The van der Waals surface area contributed by atoms with E-state index in [9.17, 15) is 24.9 Å². The molecule has 0 aromatic heterocycles. The first-order valence-electron chi connectivity index (χ1n) is 7.88. The maximum atomic E-state index is 11.7. The first kappa shape index (κ1) is 20.4. The van der Waals surface area contributed by atoms with Crippen molar-refractivity contribution < 1.29 is 34.4 Å². The molecule has 0 heterocycles.